The lowest BCUT2D eigenvalue weighted by molar-refractivity contribution is 0.628. The molecule has 2 rings (SSSR count). The number of aromatic amines is 1. The Kier molecular flexibility index (Phi) is 2.31. The van der Waals surface area contributed by atoms with Crippen LogP contribution < -0.4 is 5.73 Å². The lowest BCUT2D eigenvalue weighted by atomic mass is 10.8. The van der Waals surface area contributed by atoms with E-state index in [0.717, 1.165) is 0 Å². The van der Waals surface area contributed by atoms with Crippen molar-refractivity contribution in [1.29, 1.82) is 0 Å². The largest absolute Gasteiger partial charge is 0.368 e. The first-order valence-electron chi connectivity index (χ1n) is 3.77. The van der Waals surface area contributed by atoms with E-state index in [1.54, 1.807) is 7.05 Å². The molecule has 14 heavy (non-hydrogen) atoms. The molecule has 0 atom stereocenters. The van der Waals surface area contributed by atoms with Crippen LogP contribution in [0.5, 0.6) is 0 Å². The Morgan fingerprint density at radius 1 is 1.57 bits per heavy atom. The number of aryl methyl sites for hydroxylation is 1. The molecule has 74 valence electrons. The van der Waals surface area contributed by atoms with Crippen molar-refractivity contribution in [3.8, 4) is 0 Å². The Bertz CT molecular complexity index is 379. The standard InChI is InChI=1S/C5H8N8S/c1-13-11-3(8-12-13)2-14-5-7-4(6)9-10-5/h2H2,1H3,(H3,6,7,9,10). The van der Waals surface area contributed by atoms with E-state index in [1.165, 1.54) is 16.6 Å². The topological polar surface area (TPSA) is 111 Å². The van der Waals surface area contributed by atoms with Crippen LogP contribution in [0.1, 0.15) is 5.82 Å². The number of aromatic nitrogens is 7. The highest BCUT2D eigenvalue weighted by Crippen LogP contribution is 2.16. The SMILES string of the molecule is Cn1nnc(CSc2n[nH]c(N)n2)n1. The van der Waals surface area contributed by atoms with Gasteiger partial charge in [-0.2, -0.15) is 9.78 Å². The summed E-state index contributed by atoms with van der Waals surface area (Å²) in [5, 5.41) is 18.5. The van der Waals surface area contributed by atoms with Crippen molar-refractivity contribution in [1.82, 2.24) is 35.4 Å². The quantitative estimate of drug-likeness (QED) is 0.641. The molecule has 2 heterocycles. The highest BCUT2D eigenvalue weighted by Gasteiger charge is 2.05. The van der Waals surface area contributed by atoms with E-state index in [2.05, 4.69) is 30.6 Å². The fourth-order valence-electron chi connectivity index (χ4n) is 0.833. The molecule has 0 aliphatic heterocycles. The molecule has 0 amide bonds. The van der Waals surface area contributed by atoms with Gasteiger partial charge in [0.05, 0.1) is 12.8 Å². The number of tetrazole rings is 1. The van der Waals surface area contributed by atoms with Crippen LogP contribution in [0.15, 0.2) is 5.16 Å². The minimum absolute atomic E-state index is 0.305. The number of nitrogens with zero attached hydrogens (tertiary/aromatic N) is 6. The molecule has 0 unspecified atom stereocenters. The van der Waals surface area contributed by atoms with Crippen LogP contribution in [0.2, 0.25) is 0 Å². The molecule has 0 saturated heterocycles. The van der Waals surface area contributed by atoms with Crippen molar-refractivity contribution >= 4 is 17.7 Å². The molecule has 0 radical (unpaired) electrons. The van der Waals surface area contributed by atoms with E-state index >= 15 is 0 Å². The highest BCUT2D eigenvalue weighted by molar-refractivity contribution is 7.98. The molecule has 0 saturated carbocycles. The molecule has 2 aromatic heterocycles. The van der Waals surface area contributed by atoms with E-state index in [0.29, 0.717) is 22.7 Å². The molecular weight excluding hydrogens is 204 g/mol. The molecule has 0 aliphatic carbocycles. The van der Waals surface area contributed by atoms with Crippen LogP contribution in [-0.4, -0.2) is 35.4 Å². The summed E-state index contributed by atoms with van der Waals surface area (Å²) in [4.78, 5) is 5.33. The van der Waals surface area contributed by atoms with Gasteiger partial charge < -0.3 is 5.73 Å². The summed E-state index contributed by atoms with van der Waals surface area (Å²) in [5.74, 6) is 1.52. The maximum Gasteiger partial charge on any atom is 0.216 e. The summed E-state index contributed by atoms with van der Waals surface area (Å²) in [6.45, 7) is 0. The van der Waals surface area contributed by atoms with Crippen molar-refractivity contribution in [3.05, 3.63) is 5.82 Å². The zero-order valence-corrected chi connectivity index (χ0v) is 8.19. The van der Waals surface area contributed by atoms with Crippen LogP contribution >= 0.6 is 11.8 Å². The number of thioether (sulfide) groups is 1. The van der Waals surface area contributed by atoms with Crippen molar-refractivity contribution in [3.63, 3.8) is 0 Å². The molecule has 0 aromatic carbocycles. The number of hydrogen-bond donors (Lipinski definition) is 2. The number of hydrogen-bond acceptors (Lipinski definition) is 7. The van der Waals surface area contributed by atoms with Gasteiger partial charge in [0, 0.05) is 0 Å². The molecular formula is C5H8N8S. The van der Waals surface area contributed by atoms with Crippen LogP contribution in [-0.2, 0) is 12.8 Å². The lowest BCUT2D eigenvalue weighted by Crippen LogP contribution is -1.92. The van der Waals surface area contributed by atoms with Crippen LogP contribution in [0.3, 0.4) is 0 Å². The monoisotopic (exact) mass is 212 g/mol. The smallest absolute Gasteiger partial charge is 0.216 e. The lowest BCUT2D eigenvalue weighted by Gasteiger charge is -1.88. The Hall–Kier alpha value is -1.64. The molecule has 0 bridgehead atoms. The number of nitrogen functional groups attached to an aromatic ring is 1. The number of H-pyrrole nitrogens is 1. The number of anilines is 1. The maximum absolute atomic E-state index is 5.36. The maximum atomic E-state index is 5.36. The second-order valence-electron chi connectivity index (χ2n) is 2.49. The van der Waals surface area contributed by atoms with E-state index in [-0.39, 0.29) is 0 Å². The van der Waals surface area contributed by atoms with Crippen molar-refractivity contribution in [2.75, 3.05) is 5.73 Å². The van der Waals surface area contributed by atoms with Gasteiger partial charge in [-0.1, -0.05) is 11.8 Å². The Balaban J connectivity index is 1.94. The highest BCUT2D eigenvalue weighted by atomic mass is 32.2. The van der Waals surface area contributed by atoms with Crippen molar-refractivity contribution in [2.45, 2.75) is 10.9 Å². The molecule has 8 nitrogen and oxygen atoms in total. The minimum Gasteiger partial charge on any atom is -0.368 e. The van der Waals surface area contributed by atoms with Crippen molar-refractivity contribution in [2.24, 2.45) is 7.05 Å². The molecule has 0 aliphatic rings. The Morgan fingerprint density at radius 3 is 3.00 bits per heavy atom. The summed E-state index contributed by atoms with van der Waals surface area (Å²) >= 11 is 1.40. The van der Waals surface area contributed by atoms with Gasteiger partial charge in [-0.3, -0.25) is 0 Å². The third-order valence-electron chi connectivity index (χ3n) is 1.36. The normalized spacial score (nSPS) is 10.6. The van der Waals surface area contributed by atoms with Crippen molar-refractivity contribution < 1.29 is 0 Å². The Labute approximate surface area is 83.3 Å². The molecule has 2 aromatic rings. The van der Waals surface area contributed by atoms with Gasteiger partial charge in [0.15, 0.2) is 5.82 Å². The second-order valence-corrected chi connectivity index (χ2v) is 3.43. The molecule has 9 heteroatoms. The fourth-order valence-corrected chi connectivity index (χ4v) is 1.48. The second kappa shape index (κ2) is 3.62. The summed E-state index contributed by atoms with van der Waals surface area (Å²) in [6, 6.07) is 0. The van der Waals surface area contributed by atoms with E-state index in [4.69, 9.17) is 5.73 Å². The van der Waals surface area contributed by atoms with Gasteiger partial charge in [-0.05, 0) is 5.21 Å². The molecule has 3 N–H and O–H groups in total. The van der Waals surface area contributed by atoms with Gasteiger partial charge in [0.25, 0.3) is 0 Å². The fraction of sp³-hybridized carbons (Fsp3) is 0.400. The summed E-state index contributed by atoms with van der Waals surface area (Å²) in [6.07, 6.45) is 0. The third kappa shape index (κ3) is 1.99. The van der Waals surface area contributed by atoms with Gasteiger partial charge >= 0.3 is 0 Å². The van der Waals surface area contributed by atoms with Crippen LogP contribution in [0.25, 0.3) is 0 Å². The molecule has 0 spiro atoms. The number of nitrogens with two attached hydrogens (primary N) is 1. The Morgan fingerprint density at radius 2 is 2.43 bits per heavy atom. The number of rotatable bonds is 3. The van der Waals surface area contributed by atoms with E-state index < -0.39 is 0 Å². The first kappa shape index (κ1) is 8.94. The number of nitrogens with one attached hydrogen (secondary N) is 1. The summed E-state index contributed by atoms with van der Waals surface area (Å²) in [7, 11) is 1.71. The minimum atomic E-state index is 0.305. The zero-order chi connectivity index (χ0) is 9.97. The van der Waals surface area contributed by atoms with Gasteiger partial charge in [0.2, 0.25) is 11.1 Å². The van der Waals surface area contributed by atoms with Crippen LogP contribution in [0.4, 0.5) is 5.95 Å². The third-order valence-corrected chi connectivity index (χ3v) is 2.21. The van der Waals surface area contributed by atoms with E-state index in [1.807, 2.05) is 0 Å². The van der Waals surface area contributed by atoms with Gasteiger partial charge in [-0.25, -0.2) is 5.10 Å². The summed E-state index contributed by atoms with van der Waals surface area (Å²) < 4.78 is 0. The van der Waals surface area contributed by atoms with E-state index in [9.17, 15) is 0 Å². The van der Waals surface area contributed by atoms with Gasteiger partial charge in [-0.15, -0.1) is 15.3 Å². The average Bonchev–Trinajstić information content (AvgIpc) is 2.72. The first-order valence-corrected chi connectivity index (χ1v) is 4.76. The average molecular weight is 212 g/mol. The van der Waals surface area contributed by atoms with Crippen LogP contribution in [0, 0.1) is 0 Å². The zero-order valence-electron chi connectivity index (χ0n) is 7.38. The predicted octanol–water partition coefficient (Wildman–Crippen LogP) is -0.797. The summed E-state index contributed by atoms with van der Waals surface area (Å²) in [5.41, 5.74) is 5.36. The predicted molar refractivity (Wildman–Crippen MR) is 49.2 cm³/mol. The molecule has 0 fully saturated rings. The van der Waals surface area contributed by atoms with Gasteiger partial charge in [0.1, 0.15) is 0 Å². The first-order chi connectivity index (χ1) is 6.74.